The summed E-state index contributed by atoms with van der Waals surface area (Å²) < 4.78 is 29.3. The van der Waals surface area contributed by atoms with E-state index in [1.807, 2.05) is 0 Å². The lowest BCUT2D eigenvalue weighted by Gasteiger charge is -2.21. The maximum absolute atomic E-state index is 13.5. The number of methoxy groups -OCH3 is 1. The standard InChI is InChI=1S/C9H8BrFO3/c1-12-6-4-5(10)7(11)9-8(6)13-2-3-14-9/h4H,2-3H2,1H3. The van der Waals surface area contributed by atoms with Crippen molar-refractivity contribution in [2.75, 3.05) is 20.3 Å². The molecule has 1 aliphatic heterocycles. The number of hydrogen-bond acceptors (Lipinski definition) is 3. The normalized spacial score (nSPS) is 13.9. The molecule has 0 amide bonds. The largest absolute Gasteiger partial charge is 0.493 e. The first kappa shape index (κ1) is 9.58. The van der Waals surface area contributed by atoms with Crippen molar-refractivity contribution in [3.63, 3.8) is 0 Å². The van der Waals surface area contributed by atoms with Crippen molar-refractivity contribution >= 4 is 15.9 Å². The first-order valence-corrected chi connectivity index (χ1v) is 4.85. The topological polar surface area (TPSA) is 27.7 Å². The summed E-state index contributed by atoms with van der Waals surface area (Å²) in [7, 11) is 1.50. The SMILES string of the molecule is COc1cc(Br)c(F)c2c1OCCO2. The van der Waals surface area contributed by atoms with Gasteiger partial charge in [-0.25, -0.2) is 4.39 Å². The smallest absolute Gasteiger partial charge is 0.206 e. The molecule has 0 unspecified atom stereocenters. The summed E-state index contributed by atoms with van der Waals surface area (Å²) >= 11 is 3.08. The van der Waals surface area contributed by atoms with Gasteiger partial charge < -0.3 is 14.2 Å². The molecule has 1 aromatic rings. The van der Waals surface area contributed by atoms with Crippen LogP contribution < -0.4 is 14.2 Å². The van der Waals surface area contributed by atoms with E-state index in [1.165, 1.54) is 13.2 Å². The fourth-order valence-corrected chi connectivity index (χ4v) is 1.66. The number of benzene rings is 1. The highest BCUT2D eigenvalue weighted by atomic mass is 79.9. The van der Waals surface area contributed by atoms with Crippen LogP contribution in [0, 0.1) is 5.82 Å². The molecule has 0 aromatic heterocycles. The third-order valence-corrected chi connectivity index (χ3v) is 2.47. The predicted molar refractivity (Wildman–Crippen MR) is 51.6 cm³/mol. The van der Waals surface area contributed by atoms with Gasteiger partial charge in [-0.2, -0.15) is 0 Å². The average molecular weight is 263 g/mol. The average Bonchev–Trinajstić information content (AvgIpc) is 2.23. The molecule has 0 bridgehead atoms. The van der Waals surface area contributed by atoms with E-state index in [2.05, 4.69) is 15.9 Å². The molecule has 1 aromatic carbocycles. The van der Waals surface area contributed by atoms with Gasteiger partial charge in [-0.15, -0.1) is 0 Å². The van der Waals surface area contributed by atoms with Gasteiger partial charge in [0.05, 0.1) is 11.6 Å². The Hall–Kier alpha value is -0.970. The number of hydrogen-bond donors (Lipinski definition) is 0. The number of ether oxygens (including phenoxy) is 3. The fourth-order valence-electron chi connectivity index (χ4n) is 1.27. The van der Waals surface area contributed by atoms with E-state index < -0.39 is 5.82 Å². The zero-order valence-electron chi connectivity index (χ0n) is 7.47. The fraction of sp³-hybridized carbons (Fsp3) is 0.333. The minimum Gasteiger partial charge on any atom is -0.493 e. The van der Waals surface area contributed by atoms with E-state index in [4.69, 9.17) is 14.2 Å². The van der Waals surface area contributed by atoms with Crippen LogP contribution in [-0.2, 0) is 0 Å². The van der Waals surface area contributed by atoms with Crippen LogP contribution in [0.1, 0.15) is 0 Å². The van der Waals surface area contributed by atoms with Crippen molar-refractivity contribution in [2.45, 2.75) is 0 Å². The number of halogens is 2. The maximum atomic E-state index is 13.5. The molecule has 1 aliphatic rings. The van der Waals surface area contributed by atoms with Gasteiger partial charge in [0.25, 0.3) is 0 Å². The molecule has 1 heterocycles. The molecule has 0 fully saturated rings. The molecular weight excluding hydrogens is 255 g/mol. The molecule has 14 heavy (non-hydrogen) atoms. The van der Waals surface area contributed by atoms with Gasteiger partial charge in [-0.05, 0) is 15.9 Å². The van der Waals surface area contributed by atoms with Crippen LogP contribution in [0.25, 0.3) is 0 Å². The lowest BCUT2D eigenvalue weighted by atomic mass is 10.2. The van der Waals surface area contributed by atoms with E-state index in [1.54, 1.807) is 0 Å². The molecule has 0 saturated carbocycles. The lowest BCUT2D eigenvalue weighted by molar-refractivity contribution is 0.157. The van der Waals surface area contributed by atoms with Crippen molar-refractivity contribution < 1.29 is 18.6 Å². The van der Waals surface area contributed by atoms with Gasteiger partial charge in [0.1, 0.15) is 13.2 Å². The summed E-state index contributed by atoms with van der Waals surface area (Å²) in [6, 6.07) is 1.52. The van der Waals surface area contributed by atoms with Crippen LogP contribution in [-0.4, -0.2) is 20.3 Å². The molecule has 0 radical (unpaired) electrons. The van der Waals surface area contributed by atoms with Crippen LogP contribution in [0.2, 0.25) is 0 Å². The van der Waals surface area contributed by atoms with Gasteiger partial charge in [0.15, 0.2) is 11.6 Å². The Kier molecular flexibility index (Phi) is 2.50. The van der Waals surface area contributed by atoms with Gasteiger partial charge in [0, 0.05) is 6.07 Å². The van der Waals surface area contributed by atoms with Crippen LogP contribution in [0.3, 0.4) is 0 Å². The monoisotopic (exact) mass is 262 g/mol. The van der Waals surface area contributed by atoms with E-state index >= 15 is 0 Å². The molecule has 0 spiro atoms. The van der Waals surface area contributed by atoms with Gasteiger partial charge in [-0.3, -0.25) is 0 Å². The van der Waals surface area contributed by atoms with E-state index in [-0.39, 0.29) is 5.75 Å². The van der Waals surface area contributed by atoms with Crippen molar-refractivity contribution in [1.82, 2.24) is 0 Å². The van der Waals surface area contributed by atoms with Crippen molar-refractivity contribution in [1.29, 1.82) is 0 Å². The summed E-state index contributed by atoms with van der Waals surface area (Å²) in [4.78, 5) is 0. The Morgan fingerprint density at radius 3 is 2.64 bits per heavy atom. The first-order valence-electron chi connectivity index (χ1n) is 4.05. The van der Waals surface area contributed by atoms with Crippen molar-refractivity contribution in [3.8, 4) is 17.2 Å². The van der Waals surface area contributed by atoms with Crippen molar-refractivity contribution in [3.05, 3.63) is 16.4 Å². The maximum Gasteiger partial charge on any atom is 0.206 e. The molecule has 2 rings (SSSR count). The highest BCUT2D eigenvalue weighted by Gasteiger charge is 2.23. The number of rotatable bonds is 1. The number of fused-ring (bicyclic) bond motifs is 1. The lowest BCUT2D eigenvalue weighted by Crippen LogP contribution is -2.17. The molecular formula is C9H8BrFO3. The Balaban J connectivity index is 2.60. The molecule has 0 saturated heterocycles. The quantitative estimate of drug-likeness (QED) is 0.778. The van der Waals surface area contributed by atoms with Gasteiger partial charge >= 0.3 is 0 Å². The molecule has 3 nitrogen and oxygen atoms in total. The van der Waals surface area contributed by atoms with Gasteiger partial charge in [0.2, 0.25) is 11.5 Å². The van der Waals surface area contributed by atoms with Crippen LogP contribution >= 0.6 is 15.9 Å². The predicted octanol–water partition coefficient (Wildman–Crippen LogP) is 2.37. The molecule has 0 aliphatic carbocycles. The minimum absolute atomic E-state index is 0.113. The zero-order valence-corrected chi connectivity index (χ0v) is 9.06. The Labute approximate surface area is 88.9 Å². The van der Waals surface area contributed by atoms with Crippen LogP contribution in [0.15, 0.2) is 10.5 Å². The Morgan fingerprint density at radius 1 is 1.36 bits per heavy atom. The summed E-state index contributed by atoms with van der Waals surface area (Å²) in [6.45, 7) is 0.758. The Morgan fingerprint density at radius 2 is 2.00 bits per heavy atom. The highest BCUT2D eigenvalue weighted by molar-refractivity contribution is 9.10. The van der Waals surface area contributed by atoms with E-state index in [9.17, 15) is 4.39 Å². The molecule has 0 atom stereocenters. The third-order valence-electron chi connectivity index (χ3n) is 1.89. The third kappa shape index (κ3) is 1.41. The van der Waals surface area contributed by atoms with E-state index in [0.717, 1.165) is 0 Å². The highest BCUT2D eigenvalue weighted by Crippen LogP contribution is 2.44. The molecule has 0 N–H and O–H groups in total. The van der Waals surface area contributed by atoms with Crippen LogP contribution in [0.4, 0.5) is 4.39 Å². The minimum atomic E-state index is -0.458. The second-order valence-electron chi connectivity index (χ2n) is 2.73. The van der Waals surface area contributed by atoms with E-state index in [0.29, 0.717) is 29.2 Å². The summed E-state index contributed by atoms with van der Waals surface area (Å²) in [6.07, 6.45) is 0. The summed E-state index contributed by atoms with van der Waals surface area (Å²) in [5.41, 5.74) is 0. The van der Waals surface area contributed by atoms with Crippen molar-refractivity contribution in [2.24, 2.45) is 0 Å². The second kappa shape index (κ2) is 3.65. The molecule has 76 valence electrons. The Bertz CT molecular complexity index is 368. The first-order chi connectivity index (χ1) is 6.74. The zero-order chi connectivity index (χ0) is 10.1. The molecule has 5 heteroatoms. The van der Waals surface area contributed by atoms with Gasteiger partial charge in [-0.1, -0.05) is 0 Å². The second-order valence-corrected chi connectivity index (χ2v) is 3.58. The summed E-state index contributed by atoms with van der Waals surface area (Å²) in [5, 5.41) is 0. The van der Waals surface area contributed by atoms with Crippen LogP contribution in [0.5, 0.6) is 17.2 Å². The summed E-state index contributed by atoms with van der Waals surface area (Å²) in [5.74, 6) is 0.454.